The first-order valence-electron chi connectivity index (χ1n) is 7.33. The Bertz CT molecular complexity index is 472. The molecule has 0 spiro atoms. The molecule has 0 aliphatic carbocycles. The lowest BCUT2D eigenvalue weighted by Crippen LogP contribution is -2.46. The molecule has 1 amide bonds. The fourth-order valence-electron chi connectivity index (χ4n) is 2.30. The zero-order valence-corrected chi connectivity index (χ0v) is 13.0. The van der Waals surface area contributed by atoms with E-state index in [1.807, 2.05) is 51.1 Å². The van der Waals surface area contributed by atoms with Crippen LogP contribution in [0.25, 0.3) is 0 Å². The number of amides is 1. The maximum Gasteiger partial charge on any atom is 0.233 e. The molecule has 0 saturated carbocycles. The Labute approximate surface area is 126 Å². The van der Waals surface area contributed by atoms with E-state index >= 15 is 0 Å². The second-order valence-electron chi connectivity index (χ2n) is 5.39. The van der Waals surface area contributed by atoms with Gasteiger partial charge in [-0.05, 0) is 32.3 Å². The third-order valence-corrected chi connectivity index (χ3v) is 3.42. The molecule has 116 valence electrons. The number of amidine groups is 1. The summed E-state index contributed by atoms with van der Waals surface area (Å²) < 4.78 is 0. The molecule has 1 aromatic carbocycles. The van der Waals surface area contributed by atoms with Gasteiger partial charge in [0.25, 0.3) is 0 Å². The van der Waals surface area contributed by atoms with Crippen molar-refractivity contribution in [2.75, 3.05) is 6.54 Å². The molecule has 1 aromatic rings. The van der Waals surface area contributed by atoms with Crippen molar-refractivity contribution >= 4 is 11.7 Å². The first kappa shape index (κ1) is 17.0. The number of oxime groups is 1. The summed E-state index contributed by atoms with van der Waals surface area (Å²) in [5.41, 5.74) is 6.74. The summed E-state index contributed by atoms with van der Waals surface area (Å²) in [5, 5.41) is 12.0. The second-order valence-corrected chi connectivity index (χ2v) is 5.39. The van der Waals surface area contributed by atoms with Gasteiger partial charge in [-0.3, -0.25) is 4.79 Å². The smallest absolute Gasteiger partial charge is 0.233 e. The maximum absolute atomic E-state index is 12.7. The van der Waals surface area contributed by atoms with Crippen molar-refractivity contribution in [2.45, 2.75) is 39.7 Å². The Kier molecular flexibility index (Phi) is 6.72. The standard InChI is InChI=1S/C16H25N3O2/c1-4-10-19(12(2)3)16(20)14(15(17)18-21)11-13-8-6-5-7-9-13/h5-9,12,14,21H,4,10-11H2,1-3H3,(H2,17,18). The van der Waals surface area contributed by atoms with Gasteiger partial charge in [-0.15, -0.1) is 0 Å². The van der Waals surface area contributed by atoms with Crippen molar-refractivity contribution in [3.8, 4) is 0 Å². The number of carbonyl (C=O) groups excluding carboxylic acids is 1. The molecule has 0 bridgehead atoms. The quantitative estimate of drug-likeness (QED) is 0.350. The first-order valence-corrected chi connectivity index (χ1v) is 7.33. The molecule has 0 aromatic heterocycles. The van der Waals surface area contributed by atoms with Crippen molar-refractivity contribution in [1.29, 1.82) is 0 Å². The molecular weight excluding hydrogens is 266 g/mol. The average molecular weight is 291 g/mol. The zero-order chi connectivity index (χ0) is 15.8. The lowest BCUT2D eigenvalue weighted by Gasteiger charge is -2.30. The van der Waals surface area contributed by atoms with E-state index < -0.39 is 5.92 Å². The Hall–Kier alpha value is -2.04. The molecule has 1 atom stereocenters. The van der Waals surface area contributed by atoms with E-state index in [2.05, 4.69) is 5.16 Å². The molecule has 1 unspecified atom stereocenters. The average Bonchev–Trinajstić information content (AvgIpc) is 2.49. The minimum atomic E-state index is -0.633. The van der Waals surface area contributed by atoms with Crippen LogP contribution in [0, 0.1) is 5.92 Å². The molecule has 0 radical (unpaired) electrons. The third kappa shape index (κ3) is 4.77. The predicted molar refractivity (Wildman–Crippen MR) is 84.2 cm³/mol. The van der Waals surface area contributed by atoms with Gasteiger partial charge >= 0.3 is 0 Å². The molecule has 0 aliphatic heterocycles. The van der Waals surface area contributed by atoms with Gasteiger partial charge in [0.05, 0.1) is 0 Å². The zero-order valence-electron chi connectivity index (χ0n) is 13.0. The molecule has 1 rings (SSSR count). The minimum Gasteiger partial charge on any atom is -0.409 e. The highest BCUT2D eigenvalue weighted by Gasteiger charge is 2.29. The summed E-state index contributed by atoms with van der Waals surface area (Å²) in [6.07, 6.45) is 1.31. The fourth-order valence-corrected chi connectivity index (χ4v) is 2.30. The van der Waals surface area contributed by atoms with Crippen LogP contribution < -0.4 is 5.73 Å². The van der Waals surface area contributed by atoms with Crippen LogP contribution in [-0.4, -0.2) is 34.4 Å². The monoisotopic (exact) mass is 291 g/mol. The van der Waals surface area contributed by atoms with Crippen LogP contribution in [0.1, 0.15) is 32.8 Å². The van der Waals surface area contributed by atoms with Crippen molar-refractivity contribution < 1.29 is 10.0 Å². The van der Waals surface area contributed by atoms with Gasteiger partial charge in [-0.25, -0.2) is 0 Å². The highest BCUT2D eigenvalue weighted by molar-refractivity contribution is 6.02. The lowest BCUT2D eigenvalue weighted by molar-refractivity contribution is -0.135. The summed E-state index contributed by atoms with van der Waals surface area (Å²) in [6, 6.07) is 9.70. The van der Waals surface area contributed by atoms with Gasteiger partial charge in [0.15, 0.2) is 5.84 Å². The third-order valence-electron chi connectivity index (χ3n) is 3.42. The minimum absolute atomic E-state index is 0.0365. The van der Waals surface area contributed by atoms with E-state index in [-0.39, 0.29) is 17.8 Å². The van der Waals surface area contributed by atoms with E-state index in [1.165, 1.54) is 0 Å². The summed E-state index contributed by atoms with van der Waals surface area (Å²) >= 11 is 0. The number of rotatable bonds is 7. The summed E-state index contributed by atoms with van der Waals surface area (Å²) in [4.78, 5) is 14.5. The van der Waals surface area contributed by atoms with Gasteiger partial charge < -0.3 is 15.8 Å². The SMILES string of the molecule is CCCN(C(=O)C(Cc1ccccc1)C(N)=NO)C(C)C. The van der Waals surface area contributed by atoms with Crippen molar-refractivity contribution in [3.63, 3.8) is 0 Å². The molecule has 0 heterocycles. The van der Waals surface area contributed by atoms with Crippen LogP contribution in [0.2, 0.25) is 0 Å². The number of hydrogen-bond donors (Lipinski definition) is 2. The highest BCUT2D eigenvalue weighted by atomic mass is 16.4. The second kappa shape index (κ2) is 8.29. The lowest BCUT2D eigenvalue weighted by atomic mass is 9.96. The molecule has 0 aliphatic rings. The van der Waals surface area contributed by atoms with Gasteiger partial charge in [-0.1, -0.05) is 42.4 Å². The summed E-state index contributed by atoms with van der Waals surface area (Å²) in [6.45, 7) is 6.64. The van der Waals surface area contributed by atoms with E-state index in [9.17, 15) is 4.79 Å². The van der Waals surface area contributed by atoms with Crippen LogP contribution >= 0.6 is 0 Å². The van der Waals surface area contributed by atoms with Gasteiger partial charge in [0.1, 0.15) is 5.92 Å². The molecule has 5 heteroatoms. The predicted octanol–water partition coefficient (Wildman–Crippen LogP) is 2.24. The molecule has 0 fully saturated rings. The molecule has 3 N–H and O–H groups in total. The van der Waals surface area contributed by atoms with Crippen LogP contribution in [0.5, 0.6) is 0 Å². The van der Waals surface area contributed by atoms with Crippen LogP contribution in [-0.2, 0) is 11.2 Å². The largest absolute Gasteiger partial charge is 0.409 e. The van der Waals surface area contributed by atoms with Crippen LogP contribution in [0.15, 0.2) is 35.5 Å². The normalized spacial score (nSPS) is 13.2. The Morgan fingerprint density at radius 1 is 1.33 bits per heavy atom. The van der Waals surface area contributed by atoms with Crippen LogP contribution in [0.3, 0.4) is 0 Å². The Balaban J connectivity index is 2.99. The number of nitrogens with two attached hydrogens (primary N) is 1. The first-order chi connectivity index (χ1) is 10.0. The Morgan fingerprint density at radius 3 is 2.43 bits per heavy atom. The van der Waals surface area contributed by atoms with E-state index in [1.54, 1.807) is 4.90 Å². The number of hydrogen-bond acceptors (Lipinski definition) is 3. The molecule has 0 saturated heterocycles. The summed E-state index contributed by atoms with van der Waals surface area (Å²) in [7, 11) is 0. The van der Waals surface area contributed by atoms with Gasteiger partial charge in [-0.2, -0.15) is 0 Å². The van der Waals surface area contributed by atoms with Gasteiger partial charge in [0.2, 0.25) is 5.91 Å². The van der Waals surface area contributed by atoms with E-state index in [4.69, 9.17) is 10.9 Å². The van der Waals surface area contributed by atoms with Crippen molar-refractivity contribution in [2.24, 2.45) is 16.8 Å². The fraction of sp³-hybridized carbons (Fsp3) is 0.500. The van der Waals surface area contributed by atoms with Crippen molar-refractivity contribution in [1.82, 2.24) is 4.90 Å². The number of nitrogens with zero attached hydrogens (tertiary/aromatic N) is 2. The van der Waals surface area contributed by atoms with E-state index in [0.29, 0.717) is 13.0 Å². The molecular formula is C16H25N3O2. The van der Waals surface area contributed by atoms with Crippen LogP contribution in [0.4, 0.5) is 0 Å². The highest BCUT2D eigenvalue weighted by Crippen LogP contribution is 2.15. The van der Waals surface area contributed by atoms with E-state index in [0.717, 1.165) is 12.0 Å². The number of carbonyl (C=O) groups is 1. The number of benzene rings is 1. The maximum atomic E-state index is 12.7. The summed E-state index contributed by atoms with van der Waals surface area (Å²) in [5.74, 6) is -0.761. The molecule has 21 heavy (non-hydrogen) atoms. The van der Waals surface area contributed by atoms with Crippen molar-refractivity contribution in [3.05, 3.63) is 35.9 Å². The molecule has 5 nitrogen and oxygen atoms in total. The topological polar surface area (TPSA) is 78.9 Å². The van der Waals surface area contributed by atoms with Gasteiger partial charge in [0, 0.05) is 12.6 Å². The Morgan fingerprint density at radius 2 is 1.95 bits per heavy atom.